The monoisotopic (exact) mass is 562 g/mol. The molecule has 0 saturated carbocycles. The smallest absolute Gasteiger partial charge is 0.193 e. The second-order valence-electron chi connectivity index (χ2n) is 5.64. The molecule has 0 aliphatic heterocycles. The minimum atomic E-state index is -7.90. The Morgan fingerprint density at radius 3 is 1.40 bits per heavy atom. The molecule has 2 aromatic heterocycles. The zero-order chi connectivity index (χ0) is 23.6. The lowest BCUT2D eigenvalue weighted by atomic mass is 9.93. The van der Waals surface area contributed by atoms with Crippen molar-refractivity contribution in [2.24, 2.45) is 0 Å². The standard InChI is InChI=1S/C14H4BrF13S2/c15-8-4-2-6(30-8)5-1-3-7(29-5)9(16,17)10(18,19)11(20,21)12(22,23)13(24,25)14(26,27)28/h1-4H. The topological polar surface area (TPSA) is 0 Å². The fourth-order valence-electron chi connectivity index (χ4n) is 2.01. The molecule has 0 spiro atoms. The molecule has 0 atom stereocenters. The van der Waals surface area contributed by atoms with Gasteiger partial charge in [0.1, 0.15) is 0 Å². The van der Waals surface area contributed by atoms with Crippen LogP contribution in [0.15, 0.2) is 28.1 Å². The van der Waals surface area contributed by atoms with Crippen LogP contribution in [0.4, 0.5) is 57.1 Å². The van der Waals surface area contributed by atoms with Gasteiger partial charge >= 0.3 is 35.8 Å². The van der Waals surface area contributed by atoms with E-state index in [1.807, 2.05) is 0 Å². The molecule has 2 heterocycles. The average molecular weight is 563 g/mol. The molecule has 0 unspecified atom stereocenters. The van der Waals surface area contributed by atoms with Gasteiger partial charge in [-0.15, -0.1) is 22.7 Å². The van der Waals surface area contributed by atoms with E-state index in [9.17, 15) is 57.1 Å². The van der Waals surface area contributed by atoms with E-state index in [0.29, 0.717) is 3.79 Å². The van der Waals surface area contributed by atoms with Crippen molar-refractivity contribution in [3.05, 3.63) is 32.9 Å². The lowest BCUT2D eigenvalue weighted by Gasteiger charge is -2.39. The SMILES string of the molecule is FC(F)(F)C(F)(F)C(F)(F)C(F)(F)C(F)(F)C(F)(F)c1ccc(-c2ccc(Br)s2)s1. The Hall–Kier alpha value is -1.03. The van der Waals surface area contributed by atoms with Crippen LogP contribution in [0.5, 0.6) is 0 Å². The number of alkyl halides is 13. The van der Waals surface area contributed by atoms with Crippen molar-refractivity contribution in [3.63, 3.8) is 0 Å². The minimum Gasteiger partial charge on any atom is -0.193 e. The maximum Gasteiger partial charge on any atom is 0.460 e. The lowest BCUT2D eigenvalue weighted by molar-refractivity contribution is -0.441. The van der Waals surface area contributed by atoms with Gasteiger partial charge in [-0.3, -0.25) is 0 Å². The first kappa shape index (κ1) is 25.2. The van der Waals surface area contributed by atoms with E-state index in [1.165, 1.54) is 12.1 Å². The van der Waals surface area contributed by atoms with Crippen molar-refractivity contribution in [2.45, 2.75) is 35.8 Å². The third kappa shape index (κ3) is 3.51. The molecule has 0 amide bonds. The Labute approximate surface area is 174 Å². The fraction of sp³-hybridized carbons (Fsp3) is 0.429. The fourth-order valence-corrected chi connectivity index (χ4v) is 4.50. The Kier molecular flexibility index (Phi) is 6.10. The summed E-state index contributed by atoms with van der Waals surface area (Å²) in [5, 5.41) is 0. The molecule has 2 rings (SSSR count). The minimum absolute atomic E-state index is 0.150. The van der Waals surface area contributed by atoms with Crippen molar-refractivity contribution in [1.29, 1.82) is 0 Å². The number of thiophene rings is 2. The molecule has 0 aromatic carbocycles. The zero-order valence-electron chi connectivity index (χ0n) is 13.4. The van der Waals surface area contributed by atoms with Gasteiger partial charge in [-0.25, -0.2) is 0 Å². The van der Waals surface area contributed by atoms with Gasteiger partial charge < -0.3 is 0 Å². The van der Waals surface area contributed by atoms with Gasteiger partial charge in [0.05, 0.1) is 8.66 Å². The van der Waals surface area contributed by atoms with Crippen LogP contribution in [-0.2, 0) is 5.92 Å². The zero-order valence-corrected chi connectivity index (χ0v) is 16.6. The molecule has 0 N–H and O–H groups in total. The van der Waals surface area contributed by atoms with Crippen molar-refractivity contribution in [1.82, 2.24) is 0 Å². The van der Waals surface area contributed by atoms with Crippen LogP contribution in [0.25, 0.3) is 9.75 Å². The van der Waals surface area contributed by atoms with Crippen LogP contribution < -0.4 is 0 Å². The van der Waals surface area contributed by atoms with Crippen LogP contribution in [0.3, 0.4) is 0 Å². The summed E-state index contributed by atoms with van der Waals surface area (Å²) in [7, 11) is 0. The highest BCUT2D eigenvalue weighted by atomic mass is 79.9. The van der Waals surface area contributed by atoms with E-state index in [1.54, 1.807) is 0 Å². The quantitative estimate of drug-likeness (QED) is 0.310. The Morgan fingerprint density at radius 2 is 0.967 bits per heavy atom. The number of halogens is 14. The Morgan fingerprint density at radius 1 is 0.533 bits per heavy atom. The van der Waals surface area contributed by atoms with Crippen molar-refractivity contribution in [2.75, 3.05) is 0 Å². The van der Waals surface area contributed by atoms with Crippen molar-refractivity contribution < 1.29 is 57.1 Å². The van der Waals surface area contributed by atoms with Crippen LogP contribution in [0.1, 0.15) is 4.88 Å². The van der Waals surface area contributed by atoms with Gasteiger partial charge in [0.2, 0.25) is 0 Å². The van der Waals surface area contributed by atoms with E-state index in [4.69, 9.17) is 0 Å². The van der Waals surface area contributed by atoms with Crippen LogP contribution in [-0.4, -0.2) is 29.9 Å². The van der Waals surface area contributed by atoms with Gasteiger partial charge in [-0.1, -0.05) is 0 Å². The summed E-state index contributed by atoms with van der Waals surface area (Å²) in [5.74, 6) is -37.0. The summed E-state index contributed by atoms with van der Waals surface area (Å²) >= 11 is 3.63. The Balaban J connectivity index is 2.53. The molecule has 0 saturated heterocycles. The third-order valence-electron chi connectivity index (χ3n) is 3.66. The molecule has 0 fully saturated rings. The number of hydrogen-bond donors (Lipinski definition) is 0. The van der Waals surface area contributed by atoms with Gasteiger partial charge in [-0.05, 0) is 40.2 Å². The van der Waals surface area contributed by atoms with Gasteiger partial charge in [0.15, 0.2) is 0 Å². The molecule has 170 valence electrons. The van der Waals surface area contributed by atoms with Gasteiger partial charge in [0.25, 0.3) is 0 Å². The number of hydrogen-bond acceptors (Lipinski definition) is 2. The van der Waals surface area contributed by atoms with Crippen LogP contribution in [0, 0.1) is 0 Å². The van der Waals surface area contributed by atoms with Crippen LogP contribution >= 0.6 is 38.6 Å². The molecule has 16 heteroatoms. The van der Waals surface area contributed by atoms with Gasteiger partial charge in [0, 0.05) is 9.75 Å². The summed E-state index contributed by atoms with van der Waals surface area (Å²) in [6.07, 6.45) is -7.42. The maximum absolute atomic E-state index is 14.1. The van der Waals surface area contributed by atoms with Crippen molar-refractivity contribution in [3.8, 4) is 9.75 Å². The predicted octanol–water partition coefficient (Wildman–Crippen LogP) is 8.43. The highest BCUT2D eigenvalue weighted by molar-refractivity contribution is 9.11. The normalized spacial score (nSPS) is 15.0. The average Bonchev–Trinajstić information content (AvgIpc) is 3.22. The molecule has 2 aromatic rings. The molecule has 0 aliphatic rings. The number of rotatable bonds is 6. The first-order valence-electron chi connectivity index (χ1n) is 7.03. The molecular formula is C14H4BrF13S2. The molecule has 0 radical (unpaired) electrons. The third-order valence-corrected chi connectivity index (χ3v) is 6.64. The Bertz CT molecular complexity index is 909. The van der Waals surface area contributed by atoms with Crippen LogP contribution in [0.2, 0.25) is 0 Å². The van der Waals surface area contributed by atoms with Crippen molar-refractivity contribution >= 4 is 38.6 Å². The van der Waals surface area contributed by atoms with E-state index in [-0.39, 0.29) is 27.2 Å². The first-order chi connectivity index (χ1) is 13.2. The summed E-state index contributed by atoms with van der Waals surface area (Å²) < 4.78 is 172. The van der Waals surface area contributed by atoms with E-state index in [0.717, 1.165) is 17.4 Å². The first-order valence-corrected chi connectivity index (χ1v) is 9.46. The predicted molar refractivity (Wildman–Crippen MR) is 85.1 cm³/mol. The highest BCUT2D eigenvalue weighted by Crippen LogP contribution is 2.62. The van der Waals surface area contributed by atoms with E-state index < -0.39 is 40.7 Å². The second kappa shape index (κ2) is 7.25. The molecule has 30 heavy (non-hydrogen) atoms. The summed E-state index contributed by atoms with van der Waals surface area (Å²) in [6, 6.07) is 3.59. The van der Waals surface area contributed by atoms with Gasteiger partial charge in [-0.2, -0.15) is 57.1 Å². The lowest BCUT2D eigenvalue weighted by Crippen LogP contribution is -2.69. The summed E-state index contributed by atoms with van der Waals surface area (Å²) in [4.78, 5) is -1.98. The molecular weight excluding hydrogens is 559 g/mol. The largest absolute Gasteiger partial charge is 0.460 e. The highest BCUT2D eigenvalue weighted by Gasteiger charge is 2.91. The van der Waals surface area contributed by atoms with E-state index in [2.05, 4.69) is 15.9 Å². The molecule has 0 bridgehead atoms. The summed E-state index contributed by atoms with van der Waals surface area (Å²) in [6.45, 7) is 0. The maximum atomic E-state index is 14.1. The molecule has 0 aliphatic carbocycles. The van der Waals surface area contributed by atoms with E-state index >= 15 is 0 Å². The second-order valence-corrected chi connectivity index (χ2v) is 9.18. The molecule has 0 nitrogen and oxygen atoms in total. The summed E-state index contributed by atoms with van der Waals surface area (Å²) in [5.41, 5.74) is 0.